The molecule has 3 aliphatic rings. The van der Waals surface area contributed by atoms with E-state index in [0.717, 1.165) is 18.3 Å². The Morgan fingerprint density at radius 1 is 1.29 bits per heavy atom. The fourth-order valence-corrected chi connectivity index (χ4v) is 5.06. The molecule has 1 amide bonds. The van der Waals surface area contributed by atoms with Crippen LogP contribution in [0.25, 0.3) is 0 Å². The van der Waals surface area contributed by atoms with Gasteiger partial charge >= 0.3 is 0 Å². The fourth-order valence-electron chi connectivity index (χ4n) is 5.06. The summed E-state index contributed by atoms with van der Waals surface area (Å²) in [6.07, 6.45) is 4.91. The number of hydrogen-bond acceptors (Lipinski definition) is 1. The van der Waals surface area contributed by atoms with Crippen molar-refractivity contribution in [2.75, 3.05) is 0 Å². The van der Waals surface area contributed by atoms with Crippen LogP contribution in [0.3, 0.4) is 0 Å². The van der Waals surface area contributed by atoms with Gasteiger partial charge in [-0.25, -0.2) is 0 Å². The minimum absolute atomic E-state index is 0.0165. The normalized spacial score (nSPS) is 52.6. The highest BCUT2D eigenvalue weighted by Crippen LogP contribution is 2.74. The lowest BCUT2D eigenvalue weighted by Gasteiger charge is -2.45. The molecule has 0 aliphatic heterocycles. The van der Waals surface area contributed by atoms with Crippen LogP contribution in [0, 0.1) is 28.6 Å². The van der Waals surface area contributed by atoms with Gasteiger partial charge in [-0.3, -0.25) is 4.79 Å². The summed E-state index contributed by atoms with van der Waals surface area (Å²) in [5.74, 6) is 2.25. The Labute approximate surface area is 85.2 Å². The van der Waals surface area contributed by atoms with Crippen molar-refractivity contribution in [3.05, 3.63) is 0 Å². The van der Waals surface area contributed by atoms with Gasteiger partial charge in [0, 0.05) is 0 Å². The van der Waals surface area contributed by atoms with Crippen LogP contribution in [-0.2, 0) is 4.79 Å². The third-order valence-corrected chi connectivity index (χ3v) is 5.58. The molecule has 0 spiro atoms. The smallest absolute Gasteiger partial charge is 0.224 e. The van der Waals surface area contributed by atoms with Crippen molar-refractivity contribution in [3.8, 4) is 0 Å². The van der Waals surface area contributed by atoms with Crippen LogP contribution in [0.2, 0.25) is 0 Å². The van der Waals surface area contributed by atoms with Gasteiger partial charge in [0.1, 0.15) is 0 Å². The highest BCUT2D eigenvalue weighted by molar-refractivity contribution is 5.83. The maximum atomic E-state index is 11.8. The average molecular weight is 193 g/mol. The summed E-state index contributed by atoms with van der Waals surface area (Å²) in [5.41, 5.74) is 5.71. The van der Waals surface area contributed by atoms with E-state index in [-0.39, 0.29) is 16.7 Å². The molecule has 0 aromatic rings. The van der Waals surface area contributed by atoms with E-state index >= 15 is 0 Å². The first-order valence-corrected chi connectivity index (χ1v) is 5.79. The number of hydrogen-bond donors (Lipinski definition) is 1. The van der Waals surface area contributed by atoms with E-state index in [0.29, 0.717) is 5.92 Å². The SMILES string of the molecule is CC1(C)CC2C3CCC2C1(C(N)=O)C3. The molecule has 14 heavy (non-hydrogen) atoms. The molecule has 2 heteroatoms. The zero-order chi connectivity index (χ0) is 10.1. The predicted molar refractivity (Wildman–Crippen MR) is 54.3 cm³/mol. The summed E-state index contributed by atoms with van der Waals surface area (Å²) in [5, 5.41) is 0. The second-order valence-electron chi connectivity index (χ2n) is 6.24. The van der Waals surface area contributed by atoms with Crippen LogP contribution < -0.4 is 5.73 Å². The Morgan fingerprint density at radius 2 is 2.00 bits per heavy atom. The van der Waals surface area contributed by atoms with E-state index < -0.39 is 0 Å². The second-order valence-corrected chi connectivity index (χ2v) is 6.24. The predicted octanol–water partition coefficient (Wildman–Crippen LogP) is 1.93. The molecule has 2 nitrogen and oxygen atoms in total. The maximum absolute atomic E-state index is 11.8. The quantitative estimate of drug-likeness (QED) is 0.679. The molecule has 4 bridgehead atoms. The van der Waals surface area contributed by atoms with Gasteiger partial charge in [0.05, 0.1) is 5.41 Å². The molecule has 0 heterocycles. The van der Waals surface area contributed by atoms with Crippen LogP contribution in [-0.4, -0.2) is 5.91 Å². The molecular formula is C12H19NO. The van der Waals surface area contributed by atoms with Gasteiger partial charge in [-0.05, 0) is 48.9 Å². The third-order valence-electron chi connectivity index (χ3n) is 5.58. The van der Waals surface area contributed by atoms with E-state index in [2.05, 4.69) is 13.8 Å². The van der Waals surface area contributed by atoms with E-state index in [9.17, 15) is 4.79 Å². The van der Waals surface area contributed by atoms with Crippen LogP contribution in [0.4, 0.5) is 0 Å². The van der Waals surface area contributed by atoms with E-state index in [4.69, 9.17) is 5.73 Å². The number of rotatable bonds is 1. The molecule has 3 saturated carbocycles. The number of amides is 1. The molecule has 4 unspecified atom stereocenters. The zero-order valence-electron chi connectivity index (χ0n) is 9.05. The molecule has 3 aliphatic carbocycles. The van der Waals surface area contributed by atoms with Crippen LogP contribution in [0.1, 0.15) is 39.5 Å². The summed E-state index contributed by atoms with van der Waals surface area (Å²) in [6.45, 7) is 4.48. The topological polar surface area (TPSA) is 43.1 Å². The minimum atomic E-state index is -0.138. The first-order chi connectivity index (χ1) is 6.49. The van der Waals surface area contributed by atoms with Gasteiger partial charge in [0.2, 0.25) is 5.91 Å². The van der Waals surface area contributed by atoms with E-state index in [1.807, 2.05) is 0 Å². The van der Waals surface area contributed by atoms with Gasteiger partial charge in [-0.1, -0.05) is 13.8 Å². The first kappa shape index (κ1) is 8.75. The molecule has 2 N–H and O–H groups in total. The highest BCUT2D eigenvalue weighted by Gasteiger charge is 2.71. The maximum Gasteiger partial charge on any atom is 0.224 e. The Kier molecular flexibility index (Phi) is 1.36. The number of carbonyl (C=O) groups excluding carboxylic acids is 1. The van der Waals surface area contributed by atoms with Crippen molar-refractivity contribution in [2.45, 2.75) is 39.5 Å². The molecular weight excluding hydrogens is 174 g/mol. The monoisotopic (exact) mass is 193 g/mol. The van der Waals surface area contributed by atoms with Crippen molar-refractivity contribution in [1.29, 1.82) is 0 Å². The van der Waals surface area contributed by atoms with Crippen molar-refractivity contribution in [1.82, 2.24) is 0 Å². The lowest BCUT2D eigenvalue weighted by molar-refractivity contribution is -0.138. The average Bonchev–Trinajstić information content (AvgIpc) is 2.65. The summed E-state index contributed by atoms with van der Waals surface area (Å²) >= 11 is 0. The largest absolute Gasteiger partial charge is 0.369 e. The number of primary amides is 1. The summed E-state index contributed by atoms with van der Waals surface area (Å²) in [6, 6.07) is 0. The van der Waals surface area contributed by atoms with Gasteiger partial charge in [0.15, 0.2) is 0 Å². The van der Waals surface area contributed by atoms with Crippen molar-refractivity contribution in [2.24, 2.45) is 34.3 Å². The Balaban J connectivity index is 2.12. The standard InChI is InChI=1S/C12H19NO/c1-11(2)6-8-7-3-4-9(8)12(11,5-7)10(13)14/h7-9H,3-6H2,1-2H3,(H2,13,14). The summed E-state index contributed by atoms with van der Waals surface area (Å²) < 4.78 is 0. The molecule has 0 radical (unpaired) electrons. The van der Waals surface area contributed by atoms with Gasteiger partial charge < -0.3 is 5.73 Å². The van der Waals surface area contributed by atoms with Gasteiger partial charge in [0.25, 0.3) is 0 Å². The lowest BCUT2D eigenvalue weighted by Crippen LogP contribution is -2.49. The second kappa shape index (κ2) is 2.17. The van der Waals surface area contributed by atoms with E-state index in [1.54, 1.807) is 0 Å². The highest BCUT2D eigenvalue weighted by atomic mass is 16.1. The van der Waals surface area contributed by atoms with E-state index in [1.165, 1.54) is 19.3 Å². The Morgan fingerprint density at radius 3 is 2.50 bits per heavy atom. The van der Waals surface area contributed by atoms with Gasteiger partial charge in [-0.2, -0.15) is 0 Å². The van der Waals surface area contributed by atoms with Gasteiger partial charge in [-0.15, -0.1) is 0 Å². The molecule has 4 atom stereocenters. The van der Waals surface area contributed by atoms with Crippen molar-refractivity contribution < 1.29 is 4.79 Å². The Hall–Kier alpha value is -0.530. The van der Waals surface area contributed by atoms with Crippen LogP contribution in [0.5, 0.6) is 0 Å². The van der Waals surface area contributed by atoms with Crippen LogP contribution >= 0.6 is 0 Å². The third kappa shape index (κ3) is 0.665. The number of nitrogens with two attached hydrogens (primary N) is 1. The Bertz CT molecular complexity index is 309. The lowest BCUT2D eigenvalue weighted by atomic mass is 9.58. The minimum Gasteiger partial charge on any atom is -0.369 e. The molecule has 3 fully saturated rings. The van der Waals surface area contributed by atoms with Crippen molar-refractivity contribution >= 4 is 5.91 Å². The van der Waals surface area contributed by atoms with Crippen molar-refractivity contribution in [3.63, 3.8) is 0 Å². The molecule has 3 rings (SSSR count). The fraction of sp³-hybridized carbons (Fsp3) is 0.917. The summed E-state index contributed by atoms with van der Waals surface area (Å²) in [4.78, 5) is 11.8. The molecule has 0 saturated heterocycles. The molecule has 0 aromatic heterocycles. The van der Waals surface area contributed by atoms with Crippen LogP contribution in [0.15, 0.2) is 0 Å². The first-order valence-electron chi connectivity index (χ1n) is 5.79. The molecule has 0 aromatic carbocycles. The summed E-state index contributed by atoms with van der Waals surface area (Å²) in [7, 11) is 0. The number of carbonyl (C=O) groups is 1. The zero-order valence-corrected chi connectivity index (χ0v) is 9.05. The molecule has 78 valence electrons.